The van der Waals surface area contributed by atoms with E-state index in [9.17, 15) is 14.4 Å². The molecule has 1 aromatic rings. The monoisotopic (exact) mass is 412 g/mol. The fraction of sp³-hybridized carbons (Fsp3) is 0.625. The number of cyclic esters (lactones) is 1. The standard InChI is InChI=1S/C15H18N4O5S.CH2O2/c1-9-16-17-13(25-9)19-7-10(6-11(19)20)12(21)18-4-2-15(3-5-18)8-23-14(22)24-15;2-1-3/h10H,2-8H2,1H3;1H,(H,2,3). The second-order valence-electron chi connectivity index (χ2n) is 6.76. The van der Waals surface area contributed by atoms with Crippen LogP contribution in [0.15, 0.2) is 0 Å². The molecule has 1 spiro atoms. The molecule has 4 rings (SSSR count). The van der Waals surface area contributed by atoms with Crippen molar-refractivity contribution in [1.82, 2.24) is 15.1 Å². The van der Waals surface area contributed by atoms with Gasteiger partial charge in [-0.3, -0.25) is 19.3 Å². The summed E-state index contributed by atoms with van der Waals surface area (Å²) in [4.78, 5) is 47.8. The fourth-order valence-electron chi connectivity index (χ4n) is 3.52. The van der Waals surface area contributed by atoms with E-state index in [4.69, 9.17) is 19.4 Å². The van der Waals surface area contributed by atoms with Crippen molar-refractivity contribution in [2.24, 2.45) is 5.92 Å². The minimum absolute atomic E-state index is 0.0304. The highest BCUT2D eigenvalue weighted by Gasteiger charge is 2.47. The second-order valence-corrected chi connectivity index (χ2v) is 7.92. The Bertz CT molecular complexity index is 775. The molecule has 1 aromatic heterocycles. The van der Waals surface area contributed by atoms with Crippen molar-refractivity contribution in [3.63, 3.8) is 0 Å². The van der Waals surface area contributed by atoms with Crippen LogP contribution < -0.4 is 4.90 Å². The van der Waals surface area contributed by atoms with E-state index in [-0.39, 0.29) is 37.2 Å². The molecule has 3 fully saturated rings. The van der Waals surface area contributed by atoms with E-state index < -0.39 is 11.8 Å². The van der Waals surface area contributed by atoms with E-state index in [1.165, 1.54) is 11.3 Å². The molecule has 3 saturated heterocycles. The van der Waals surface area contributed by atoms with Crippen LogP contribution in [0.4, 0.5) is 9.93 Å². The SMILES string of the molecule is Cc1nnc(N2CC(C(=O)N3CCC4(CC3)COC(=O)O4)CC2=O)s1.O=CO. The Morgan fingerprint density at radius 3 is 2.54 bits per heavy atom. The normalized spacial score (nSPS) is 23.1. The number of aromatic nitrogens is 2. The van der Waals surface area contributed by atoms with Crippen molar-refractivity contribution in [2.75, 3.05) is 31.1 Å². The Balaban J connectivity index is 0.000000706. The zero-order valence-electron chi connectivity index (χ0n) is 15.2. The van der Waals surface area contributed by atoms with Gasteiger partial charge in [-0.25, -0.2) is 4.79 Å². The third-order valence-corrected chi connectivity index (χ3v) is 5.82. The van der Waals surface area contributed by atoms with Crippen molar-refractivity contribution < 1.29 is 33.8 Å². The summed E-state index contributed by atoms with van der Waals surface area (Å²) in [5.74, 6) is -0.494. The third-order valence-electron chi connectivity index (χ3n) is 4.96. The maximum atomic E-state index is 12.8. The number of amides is 2. The summed E-state index contributed by atoms with van der Waals surface area (Å²) in [7, 11) is 0. The van der Waals surface area contributed by atoms with Gasteiger partial charge < -0.3 is 19.5 Å². The Morgan fingerprint density at radius 2 is 2.00 bits per heavy atom. The van der Waals surface area contributed by atoms with Crippen molar-refractivity contribution in [1.29, 1.82) is 0 Å². The molecular formula is C16H20N4O7S. The van der Waals surface area contributed by atoms with Gasteiger partial charge in [-0.15, -0.1) is 10.2 Å². The zero-order valence-corrected chi connectivity index (χ0v) is 16.0. The Hall–Kier alpha value is -2.76. The van der Waals surface area contributed by atoms with Gasteiger partial charge in [0.25, 0.3) is 6.47 Å². The van der Waals surface area contributed by atoms with Crippen LogP contribution in [0.3, 0.4) is 0 Å². The predicted molar refractivity (Wildman–Crippen MR) is 94.8 cm³/mol. The molecule has 0 saturated carbocycles. The maximum absolute atomic E-state index is 12.8. The smallest absolute Gasteiger partial charge is 0.483 e. The van der Waals surface area contributed by atoms with Gasteiger partial charge in [0, 0.05) is 38.9 Å². The van der Waals surface area contributed by atoms with Gasteiger partial charge >= 0.3 is 6.16 Å². The number of piperidine rings is 1. The van der Waals surface area contributed by atoms with Crippen LogP contribution in [0.5, 0.6) is 0 Å². The molecule has 152 valence electrons. The molecule has 0 aliphatic carbocycles. The molecule has 28 heavy (non-hydrogen) atoms. The largest absolute Gasteiger partial charge is 0.509 e. The molecule has 0 aromatic carbocycles. The number of anilines is 1. The quantitative estimate of drug-likeness (QED) is 0.541. The molecule has 1 N–H and O–H groups in total. The minimum Gasteiger partial charge on any atom is -0.483 e. The summed E-state index contributed by atoms with van der Waals surface area (Å²) in [5.41, 5.74) is -0.588. The Morgan fingerprint density at radius 1 is 1.32 bits per heavy atom. The number of ether oxygens (including phenoxy) is 2. The van der Waals surface area contributed by atoms with E-state index in [0.29, 0.717) is 37.6 Å². The molecule has 12 heteroatoms. The van der Waals surface area contributed by atoms with E-state index in [2.05, 4.69) is 10.2 Å². The van der Waals surface area contributed by atoms with Crippen LogP contribution in [-0.4, -0.2) is 76.5 Å². The van der Waals surface area contributed by atoms with Gasteiger partial charge in [0.2, 0.25) is 16.9 Å². The molecule has 11 nitrogen and oxygen atoms in total. The molecule has 4 heterocycles. The highest BCUT2D eigenvalue weighted by Crippen LogP contribution is 2.33. The number of carboxylic acid groups (broad SMARTS) is 1. The Labute approximate surface area is 164 Å². The summed E-state index contributed by atoms with van der Waals surface area (Å²) in [6.07, 6.45) is 0.677. The summed E-state index contributed by atoms with van der Waals surface area (Å²) < 4.78 is 10.2. The molecule has 1 unspecified atom stereocenters. The molecule has 3 aliphatic rings. The lowest BCUT2D eigenvalue weighted by molar-refractivity contribution is -0.139. The highest BCUT2D eigenvalue weighted by molar-refractivity contribution is 7.15. The van der Waals surface area contributed by atoms with Crippen LogP contribution in [0.2, 0.25) is 0 Å². The first-order valence-corrected chi connectivity index (χ1v) is 9.52. The summed E-state index contributed by atoms with van der Waals surface area (Å²) >= 11 is 1.35. The van der Waals surface area contributed by atoms with Gasteiger partial charge in [0.1, 0.15) is 11.6 Å². The van der Waals surface area contributed by atoms with E-state index in [0.717, 1.165) is 5.01 Å². The lowest BCUT2D eigenvalue weighted by Gasteiger charge is -2.37. The van der Waals surface area contributed by atoms with E-state index >= 15 is 0 Å². The molecule has 0 bridgehead atoms. The fourth-order valence-corrected chi connectivity index (χ4v) is 4.23. The lowest BCUT2D eigenvalue weighted by Crippen LogP contribution is -2.49. The van der Waals surface area contributed by atoms with Crippen molar-refractivity contribution in [3.05, 3.63) is 5.01 Å². The van der Waals surface area contributed by atoms with E-state index in [1.54, 1.807) is 9.80 Å². The molecule has 0 radical (unpaired) electrons. The van der Waals surface area contributed by atoms with Crippen molar-refractivity contribution >= 4 is 40.9 Å². The summed E-state index contributed by atoms with van der Waals surface area (Å²) in [6.45, 7) is 3.16. The number of hydrogen-bond acceptors (Lipinski definition) is 9. The number of hydrogen-bond donors (Lipinski definition) is 1. The van der Waals surface area contributed by atoms with Crippen LogP contribution in [0.1, 0.15) is 24.3 Å². The van der Waals surface area contributed by atoms with Gasteiger partial charge in [0.05, 0.1) is 5.92 Å². The van der Waals surface area contributed by atoms with Crippen molar-refractivity contribution in [3.8, 4) is 0 Å². The number of rotatable bonds is 2. The first kappa shape index (κ1) is 20.0. The minimum atomic E-state index is -0.635. The molecule has 3 aliphatic heterocycles. The molecular weight excluding hydrogens is 392 g/mol. The number of carbonyl (C=O) groups excluding carboxylic acids is 3. The highest BCUT2D eigenvalue weighted by atomic mass is 32.1. The second kappa shape index (κ2) is 8.09. The van der Waals surface area contributed by atoms with Crippen LogP contribution in [0.25, 0.3) is 0 Å². The number of nitrogens with zero attached hydrogens (tertiary/aromatic N) is 4. The topological polar surface area (TPSA) is 139 Å². The number of aryl methyl sites for hydroxylation is 1. The zero-order chi connectivity index (χ0) is 20.3. The van der Waals surface area contributed by atoms with Crippen LogP contribution >= 0.6 is 11.3 Å². The Kier molecular flexibility index (Phi) is 5.77. The van der Waals surface area contributed by atoms with Gasteiger partial charge in [-0.2, -0.15) is 0 Å². The molecule has 1 atom stereocenters. The average Bonchev–Trinajstić information content (AvgIpc) is 3.35. The molecule has 2 amide bonds. The van der Waals surface area contributed by atoms with Crippen molar-refractivity contribution in [2.45, 2.75) is 31.8 Å². The van der Waals surface area contributed by atoms with Gasteiger partial charge in [0.15, 0.2) is 5.60 Å². The predicted octanol–water partition coefficient (Wildman–Crippen LogP) is 0.428. The van der Waals surface area contributed by atoms with Crippen LogP contribution in [0, 0.1) is 12.8 Å². The first-order chi connectivity index (χ1) is 13.4. The van der Waals surface area contributed by atoms with Gasteiger partial charge in [-0.05, 0) is 6.92 Å². The van der Waals surface area contributed by atoms with Gasteiger partial charge in [-0.1, -0.05) is 11.3 Å². The third kappa shape index (κ3) is 4.06. The lowest BCUT2D eigenvalue weighted by atomic mass is 9.91. The number of likely N-dealkylation sites (tertiary alicyclic amines) is 1. The first-order valence-electron chi connectivity index (χ1n) is 8.70. The van der Waals surface area contributed by atoms with E-state index in [1.807, 2.05) is 6.92 Å². The summed E-state index contributed by atoms with van der Waals surface area (Å²) in [6, 6.07) is 0. The number of carbonyl (C=O) groups is 4. The summed E-state index contributed by atoms with van der Waals surface area (Å²) in [5, 5.41) is 16.1. The average molecular weight is 412 g/mol. The van der Waals surface area contributed by atoms with Crippen LogP contribution in [-0.2, 0) is 23.9 Å². The maximum Gasteiger partial charge on any atom is 0.509 e.